The summed E-state index contributed by atoms with van der Waals surface area (Å²) in [6.45, 7) is 9.07. The first kappa shape index (κ1) is 20.6. The molecule has 140 valence electrons. The van der Waals surface area contributed by atoms with Gasteiger partial charge in [0.25, 0.3) is 0 Å². The minimum absolute atomic E-state index is 0.429. The van der Waals surface area contributed by atoms with Crippen LogP contribution in [0.4, 0.5) is 4.79 Å². The van der Waals surface area contributed by atoms with Crippen molar-refractivity contribution in [3.8, 4) is 5.75 Å². The van der Waals surface area contributed by atoms with E-state index in [9.17, 15) is 4.79 Å². The lowest BCUT2D eigenvalue weighted by molar-refractivity contribution is 0.0529. The number of hydrogen-bond donors (Lipinski definition) is 3. The van der Waals surface area contributed by atoms with Crippen molar-refractivity contribution >= 4 is 12.1 Å². The molecule has 0 fully saturated rings. The van der Waals surface area contributed by atoms with Crippen LogP contribution in [0, 0.1) is 6.92 Å². The molecule has 0 unspecified atom stereocenters. The third kappa shape index (κ3) is 8.28. The summed E-state index contributed by atoms with van der Waals surface area (Å²) in [5, 5.41) is 9.05. The lowest BCUT2D eigenvalue weighted by atomic mass is 10.1. The molecule has 0 atom stereocenters. The van der Waals surface area contributed by atoms with Crippen molar-refractivity contribution < 1.29 is 14.3 Å². The molecule has 1 aromatic carbocycles. The molecule has 0 saturated heterocycles. The van der Waals surface area contributed by atoms with Gasteiger partial charge in [0, 0.05) is 32.2 Å². The third-order valence-electron chi connectivity index (χ3n) is 3.20. The van der Waals surface area contributed by atoms with Gasteiger partial charge in [0.2, 0.25) is 0 Å². The normalized spacial score (nSPS) is 11.7. The fourth-order valence-electron chi connectivity index (χ4n) is 2.06. The smallest absolute Gasteiger partial charge is 0.407 e. The lowest BCUT2D eigenvalue weighted by Gasteiger charge is -2.20. The van der Waals surface area contributed by atoms with E-state index in [0.29, 0.717) is 25.6 Å². The molecule has 0 bridgehead atoms. The molecule has 3 N–H and O–H groups in total. The Morgan fingerprint density at radius 2 is 1.84 bits per heavy atom. The Morgan fingerprint density at radius 3 is 2.44 bits per heavy atom. The van der Waals surface area contributed by atoms with E-state index in [1.807, 2.05) is 45.9 Å². The van der Waals surface area contributed by atoms with Crippen molar-refractivity contribution in [1.82, 2.24) is 16.0 Å². The molecule has 7 heteroatoms. The zero-order valence-electron chi connectivity index (χ0n) is 16.0. The van der Waals surface area contributed by atoms with Crippen LogP contribution in [0.2, 0.25) is 0 Å². The largest absolute Gasteiger partial charge is 0.496 e. The molecule has 1 aromatic rings. The summed E-state index contributed by atoms with van der Waals surface area (Å²) in [4.78, 5) is 15.7. The van der Waals surface area contributed by atoms with E-state index in [1.165, 1.54) is 0 Å². The summed E-state index contributed by atoms with van der Waals surface area (Å²) < 4.78 is 10.6. The molecular weight excluding hydrogens is 320 g/mol. The Hall–Kier alpha value is -2.44. The van der Waals surface area contributed by atoms with Crippen LogP contribution in [-0.4, -0.2) is 44.9 Å². The molecule has 0 spiro atoms. The Morgan fingerprint density at radius 1 is 1.16 bits per heavy atom. The van der Waals surface area contributed by atoms with Crippen LogP contribution in [-0.2, 0) is 11.3 Å². The fourth-order valence-corrected chi connectivity index (χ4v) is 2.06. The highest BCUT2D eigenvalue weighted by Gasteiger charge is 2.15. The predicted octanol–water partition coefficient (Wildman–Crippen LogP) is 2.19. The summed E-state index contributed by atoms with van der Waals surface area (Å²) in [6, 6.07) is 6.07. The number of alkyl carbamates (subject to hydrolysis) is 1. The second-order valence-corrected chi connectivity index (χ2v) is 6.60. The summed E-state index contributed by atoms with van der Waals surface area (Å²) in [7, 11) is 3.36. The van der Waals surface area contributed by atoms with Gasteiger partial charge in [-0.25, -0.2) is 4.79 Å². The van der Waals surface area contributed by atoms with Crippen molar-refractivity contribution in [3.63, 3.8) is 0 Å². The molecule has 25 heavy (non-hydrogen) atoms. The topological polar surface area (TPSA) is 84.0 Å². The predicted molar refractivity (Wildman–Crippen MR) is 100 cm³/mol. The second-order valence-electron chi connectivity index (χ2n) is 6.60. The number of amides is 1. The first-order chi connectivity index (χ1) is 11.7. The van der Waals surface area contributed by atoms with Crippen LogP contribution in [0.5, 0.6) is 5.75 Å². The van der Waals surface area contributed by atoms with E-state index in [0.717, 1.165) is 16.9 Å². The minimum Gasteiger partial charge on any atom is -0.496 e. The Kier molecular flexibility index (Phi) is 8.04. The number of benzene rings is 1. The molecular formula is C18H30N4O3. The molecule has 0 saturated carbocycles. The van der Waals surface area contributed by atoms with Crippen LogP contribution in [0.25, 0.3) is 0 Å². The number of hydrogen-bond acceptors (Lipinski definition) is 4. The van der Waals surface area contributed by atoms with Crippen LogP contribution in [0.1, 0.15) is 31.9 Å². The Bertz CT molecular complexity index is 594. The van der Waals surface area contributed by atoms with E-state index < -0.39 is 11.7 Å². The molecule has 1 rings (SSSR count). The Labute approximate surface area is 150 Å². The molecule has 1 amide bonds. The van der Waals surface area contributed by atoms with E-state index >= 15 is 0 Å². The van der Waals surface area contributed by atoms with Crippen molar-refractivity contribution in [2.24, 2.45) is 4.99 Å². The molecule has 7 nitrogen and oxygen atoms in total. The number of nitrogens with one attached hydrogen (secondary N) is 3. The molecule has 0 aliphatic rings. The first-order valence-electron chi connectivity index (χ1n) is 8.30. The van der Waals surface area contributed by atoms with Gasteiger partial charge in [-0.2, -0.15) is 0 Å². The van der Waals surface area contributed by atoms with Gasteiger partial charge in [-0.05, 0) is 39.3 Å². The number of aryl methyl sites for hydroxylation is 1. The number of methoxy groups -OCH3 is 1. The fraction of sp³-hybridized carbons (Fsp3) is 0.556. The van der Waals surface area contributed by atoms with E-state index in [4.69, 9.17) is 9.47 Å². The van der Waals surface area contributed by atoms with E-state index in [1.54, 1.807) is 14.2 Å². The summed E-state index contributed by atoms with van der Waals surface area (Å²) in [6.07, 6.45) is -0.429. The Balaban J connectivity index is 2.37. The number of ether oxygens (including phenoxy) is 2. The maximum absolute atomic E-state index is 11.6. The zero-order valence-corrected chi connectivity index (χ0v) is 16.0. The number of aliphatic imine (C=N–C) groups is 1. The van der Waals surface area contributed by atoms with Gasteiger partial charge in [-0.3, -0.25) is 4.99 Å². The van der Waals surface area contributed by atoms with Crippen LogP contribution < -0.4 is 20.7 Å². The van der Waals surface area contributed by atoms with Gasteiger partial charge in [-0.15, -0.1) is 0 Å². The highest BCUT2D eigenvalue weighted by atomic mass is 16.6. The minimum atomic E-state index is -0.498. The number of guanidine groups is 1. The summed E-state index contributed by atoms with van der Waals surface area (Å²) in [5.41, 5.74) is 1.70. The van der Waals surface area contributed by atoms with Gasteiger partial charge in [-0.1, -0.05) is 12.1 Å². The van der Waals surface area contributed by atoms with Gasteiger partial charge in [0.05, 0.1) is 7.11 Å². The van der Waals surface area contributed by atoms with Crippen LogP contribution in [0.3, 0.4) is 0 Å². The van der Waals surface area contributed by atoms with Crippen molar-refractivity contribution in [1.29, 1.82) is 0 Å². The highest BCUT2D eigenvalue weighted by molar-refractivity contribution is 5.79. The van der Waals surface area contributed by atoms with Crippen LogP contribution in [0.15, 0.2) is 23.2 Å². The van der Waals surface area contributed by atoms with E-state index in [2.05, 4.69) is 20.9 Å². The van der Waals surface area contributed by atoms with Crippen molar-refractivity contribution in [2.45, 2.75) is 39.8 Å². The maximum Gasteiger partial charge on any atom is 0.407 e. The number of nitrogens with zero attached hydrogens (tertiary/aromatic N) is 1. The van der Waals surface area contributed by atoms with E-state index in [-0.39, 0.29) is 0 Å². The van der Waals surface area contributed by atoms with Gasteiger partial charge >= 0.3 is 6.09 Å². The molecule has 0 heterocycles. The zero-order chi connectivity index (χ0) is 18.9. The highest BCUT2D eigenvalue weighted by Crippen LogP contribution is 2.19. The lowest BCUT2D eigenvalue weighted by Crippen LogP contribution is -2.42. The van der Waals surface area contributed by atoms with Crippen molar-refractivity contribution in [3.05, 3.63) is 29.3 Å². The van der Waals surface area contributed by atoms with Crippen LogP contribution >= 0.6 is 0 Å². The summed E-state index contributed by atoms with van der Waals surface area (Å²) >= 11 is 0. The molecule has 0 aliphatic heterocycles. The maximum atomic E-state index is 11.6. The molecule has 0 radical (unpaired) electrons. The first-order valence-corrected chi connectivity index (χ1v) is 8.30. The summed E-state index contributed by atoms with van der Waals surface area (Å²) in [5.74, 6) is 1.49. The van der Waals surface area contributed by atoms with Crippen molar-refractivity contribution in [2.75, 3.05) is 27.2 Å². The molecule has 0 aliphatic carbocycles. The number of rotatable bonds is 6. The number of carbonyl (C=O) groups is 1. The van der Waals surface area contributed by atoms with Gasteiger partial charge in [0.15, 0.2) is 5.96 Å². The monoisotopic (exact) mass is 350 g/mol. The number of carbonyl (C=O) groups excluding carboxylic acids is 1. The van der Waals surface area contributed by atoms with Gasteiger partial charge in [0.1, 0.15) is 11.4 Å². The molecule has 0 aromatic heterocycles. The average molecular weight is 350 g/mol. The van der Waals surface area contributed by atoms with Gasteiger partial charge < -0.3 is 25.4 Å². The average Bonchev–Trinajstić information content (AvgIpc) is 2.53. The third-order valence-corrected chi connectivity index (χ3v) is 3.20. The quantitative estimate of drug-likeness (QED) is 0.416. The standard InChI is InChI=1S/C18H30N4O3/c1-13-7-8-14(15(11-13)24-6)12-22-16(19-5)20-9-10-21-17(23)25-18(2,3)4/h7-8,11H,9-10,12H2,1-6H3,(H,21,23)(H2,19,20,22). The SMILES string of the molecule is CN=C(NCCNC(=O)OC(C)(C)C)NCc1ccc(C)cc1OC. The second kappa shape index (κ2) is 9.76.